The van der Waals surface area contributed by atoms with Gasteiger partial charge in [0.1, 0.15) is 5.75 Å². The van der Waals surface area contributed by atoms with E-state index in [1.54, 1.807) is 0 Å². The molecule has 5 rings (SSSR count). The maximum Gasteiger partial charge on any atom is 0.127 e. The number of fused-ring (bicyclic) bond motifs is 3. The molecule has 0 fully saturated rings. The lowest BCUT2D eigenvalue weighted by atomic mass is 9.85. The summed E-state index contributed by atoms with van der Waals surface area (Å²) in [5.41, 5.74) is 8.85. The van der Waals surface area contributed by atoms with Crippen molar-refractivity contribution in [1.82, 2.24) is 0 Å². The third kappa shape index (κ3) is 4.35. The van der Waals surface area contributed by atoms with Crippen LogP contribution in [0.1, 0.15) is 61.0 Å². The second-order valence-electron chi connectivity index (χ2n) is 11.7. The lowest BCUT2D eigenvalue weighted by molar-refractivity contribution is 0.342. The monoisotopic (exact) mass is 492 g/mol. The minimum atomic E-state index is 0.0918. The molecule has 4 aromatic carbocycles. The summed E-state index contributed by atoms with van der Waals surface area (Å²) < 4.78 is 6.15. The molecule has 1 aliphatic heterocycles. The molecule has 0 bridgehead atoms. The highest BCUT2D eigenvalue weighted by Crippen LogP contribution is 2.52. The first-order chi connectivity index (χ1) is 17.6. The van der Waals surface area contributed by atoms with E-state index in [9.17, 15) is 0 Å². The highest BCUT2D eigenvalue weighted by atomic mass is 16.5. The average Bonchev–Trinajstić information content (AvgIpc) is 2.85. The van der Waals surface area contributed by atoms with E-state index in [4.69, 9.17) is 4.74 Å². The first kappa shape index (κ1) is 25.2. The molecule has 0 aromatic heterocycles. The predicted molar refractivity (Wildman–Crippen MR) is 160 cm³/mol. The van der Waals surface area contributed by atoms with Gasteiger partial charge in [0.25, 0.3) is 0 Å². The van der Waals surface area contributed by atoms with Crippen LogP contribution in [-0.4, -0.2) is 18.7 Å². The summed E-state index contributed by atoms with van der Waals surface area (Å²) in [6.07, 6.45) is 0. The van der Waals surface area contributed by atoms with Gasteiger partial charge in [-0.2, -0.15) is 0 Å². The minimum Gasteiger partial charge on any atom is -0.493 e. The Morgan fingerprint density at radius 2 is 1.32 bits per heavy atom. The van der Waals surface area contributed by atoms with Gasteiger partial charge >= 0.3 is 0 Å². The summed E-state index contributed by atoms with van der Waals surface area (Å²) in [7, 11) is 0. The fourth-order valence-corrected chi connectivity index (χ4v) is 5.66. The van der Waals surface area contributed by atoms with E-state index in [1.807, 2.05) is 0 Å². The highest BCUT2D eigenvalue weighted by molar-refractivity contribution is 6.02. The Balaban J connectivity index is 1.76. The highest BCUT2D eigenvalue weighted by Gasteiger charge is 2.33. The van der Waals surface area contributed by atoms with Gasteiger partial charge in [-0.1, -0.05) is 63.2 Å². The number of hydrogen-bond acceptors (Lipinski definition) is 3. The number of benzene rings is 4. The van der Waals surface area contributed by atoms with Crippen LogP contribution in [0.25, 0.3) is 21.9 Å². The zero-order valence-corrected chi connectivity index (χ0v) is 23.6. The Kier molecular flexibility index (Phi) is 6.43. The van der Waals surface area contributed by atoms with Crippen molar-refractivity contribution < 1.29 is 4.74 Å². The molecule has 0 spiro atoms. The molecule has 0 atom stereocenters. The summed E-state index contributed by atoms with van der Waals surface area (Å²) in [5, 5.41) is 2.44. The summed E-state index contributed by atoms with van der Waals surface area (Å²) >= 11 is 0. The lowest BCUT2D eigenvalue weighted by Crippen LogP contribution is -2.37. The van der Waals surface area contributed by atoms with Crippen LogP contribution < -0.4 is 14.5 Å². The van der Waals surface area contributed by atoms with Gasteiger partial charge in [-0.15, -0.1) is 0 Å². The van der Waals surface area contributed by atoms with E-state index < -0.39 is 0 Å². The lowest BCUT2D eigenvalue weighted by Gasteiger charge is -2.44. The van der Waals surface area contributed by atoms with Crippen LogP contribution in [0.15, 0.2) is 72.8 Å². The molecule has 3 nitrogen and oxygen atoms in total. The molecular formula is C34H40N2O. The average molecular weight is 493 g/mol. The fraction of sp³-hybridized carbons (Fsp3) is 0.353. The molecule has 0 amide bonds. The predicted octanol–water partition coefficient (Wildman–Crippen LogP) is 9.61. The molecule has 1 aliphatic rings. The van der Waals surface area contributed by atoms with Crippen LogP contribution in [0.4, 0.5) is 22.7 Å². The fourth-order valence-electron chi connectivity index (χ4n) is 5.66. The summed E-state index contributed by atoms with van der Waals surface area (Å²) in [5.74, 6) is 0.934. The maximum absolute atomic E-state index is 6.15. The van der Waals surface area contributed by atoms with Crippen molar-refractivity contribution in [1.29, 1.82) is 0 Å². The molecule has 0 saturated carbocycles. The molecule has 0 aliphatic carbocycles. The maximum atomic E-state index is 6.15. The van der Waals surface area contributed by atoms with Crippen molar-refractivity contribution in [2.75, 3.05) is 16.4 Å². The van der Waals surface area contributed by atoms with Gasteiger partial charge in [0.2, 0.25) is 0 Å². The third-order valence-electron chi connectivity index (χ3n) is 7.37. The van der Waals surface area contributed by atoms with Crippen LogP contribution >= 0.6 is 0 Å². The molecule has 0 saturated heterocycles. The molecule has 0 radical (unpaired) electrons. The number of ether oxygens (including phenoxy) is 1. The molecule has 4 aromatic rings. The molecule has 1 heterocycles. The number of anilines is 4. The van der Waals surface area contributed by atoms with Gasteiger partial charge in [0.15, 0.2) is 0 Å². The standard InChI is InChI=1S/C34H40N2O/c1-9-37-32-19-15-24-12-10-11-13-27(24)33(32)25-14-17-28-30(20-25)35(22(2)3)29-18-16-26(34(6,7)8)21-31(29)36(28)23(4)5/h10-23H,9H2,1-8H3. The van der Waals surface area contributed by atoms with Crippen molar-refractivity contribution in [2.24, 2.45) is 0 Å². The number of hydrogen-bond donors (Lipinski definition) is 0. The smallest absolute Gasteiger partial charge is 0.127 e. The Morgan fingerprint density at radius 3 is 1.95 bits per heavy atom. The Bertz CT molecular complexity index is 1440. The van der Waals surface area contributed by atoms with Crippen LogP contribution in [0.5, 0.6) is 5.75 Å². The summed E-state index contributed by atoms with van der Waals surface area (Å²) in [6.45, 7) is 18.7. The molecule has 192 valence electrons. The van der Waals surface area contributed by atoms with Crippen LogP contribution in [0.2, 0.25) is 0 Å². The largest absolute Gasteiger partial charge is 0.493 e. The van der Waals surface area contributed by atoms with E-state index in [0.29, 0.717) is 18.7 Å². The zero-order valence-electron chi connectivity index (χ0n) is 23.6. The van der Waals surface area contributed by atoms with Crippen molar-refractivity contribution >= 4 is 33.5 Å². The normalized spacial score (nSPS) is 13.4. The van der Waals surface area contributed by atoms with Crippen molar-refractivity contribution in [2.45, 2.75) is 72.9 Å². The Morgan fingerprint density at radius 1 is 0.703 bits per heavy atom. The quantitative estimate of drug-likeness (QED) is 0.276. The third-order valence-corrected chi connectivity index (χ3v) is 7.37. The van der Waals surface area contributed by atoms with E-state index >= 15 is 0 Å². The molecule has 3 heteroatoms. The van der Waals surface area contributed by atoms with Crippen molar-refractivity contribution in [3.8, 4) is 16.9 Å². The number of nitrogens with zero attached hydrogens (tertiary/aromatic N) is 2. The Labute approximate surface area is 222 Å². The van der Waals surface area contributed by atoms with Crippen molar-refractivity contribution in [3.63, 3.8) is 0 Å². The first-order valence-electron chi connectivity index (χ1n) is 13.6. The van der Waals surface area contributed by atoms with E-state index in [0.717, 1.165) is 11.3 Å². The van der Waals surface area contributed by atoms with Gasteiger partial charge in [0.05, 0.1) is 29.4 Å². The zero-order chi connectivity index (χ0) is 26.5. The van der Waals surface area contributed by atoms with Gasteiger partial charge in [-0.05, 0) is 92.3 Å². The van der Waals surface area contributed by atoms with E-state index in [1.165, 1.54) is 44.6 Å². The van der Waals surface area contributed by atoms with Crippen molar-refractivity contribution in [3.05, 3.63) is 78.4 Å². The van der Waals surface area contributed by atoms with Gasteiger partial charge in [-0.3, -0.25) is 0 Å². The molecular weight excluding hydrogens is 452 g/mol. The molecule has 0 unspecified atom stereocenters. The molecule has 37 heavy (non-hydrogen) atoms. The number of rotatable bonds is 5. The first-order valence-corrected chi connectivity index (χ1v) is 13.6. The van der Waals surface area contributed by atoms with Gasteiger partial charge in [-0.25, -0.2) is 0 Å². The van der Waals surface area contributed by atoms with Crippen LogP contribution in [0.3, 0.4) is 0 Å². The second-order valence-corrected chi connectivity index (χ2v) is 11.7. The SMILES string of the molecule is CCOc1ccc2ccccc2c1-c1ccc2c(c1)N(C(C)C)c1ccc(C(C)(C)C)cc1N2C(C)C. The van der Waals surface area contributed by atoms with Crippen LogP contribution in [0, 0.1) is 0 Å². The Hall–Kier alpha value is -3.46. The summed E-state index contributed by atoms with van der Waals surface area (Å²) in [4.78, 5) is 5.01. The second kappa shape index (κ2) is 9.45. The topological polar surface area (TPSA) is 15.7 Å². The van der Waals surface area contributed by atoms with Gasteiger partial charge < -0.3 is 14.5 Å². The van der Waals surface area contributed by atoms with Crippen LogP contribution in [-0.2, 0) is 5.41 Å². The minimum absolute atomic E-state index is 0.0918. The summed E-state index contributed by atoms with van der Waals surface area (Å²) in [6, 6.07) is 27.5. The molecule has 0 N–H and O–H groups in total. The van der Waals surface area contributed by atoms with E-state index in [-0.39, 0.29) is 5.41 Å². The van der Waals surface area contributed by atoms with E-state index in [2.05, 4.69) is 138 Å². The van der Waals surface area contributed by atoms with Gasteiger partial charge in [0, 0.05) is 17.6 Å².